The molecule has 1 aromatic heterocycles. The number of anilines is 1. The Bertz CT molecular complexity index is 363. The number of carbonyl (C=O) groups excluding carboxylic acids is 1. The molecule has 0 radical (unpaired) electrons. The SMILES string of the molecule is COC1CCN(C(=O)c2cn[nH]c2N)C1. The van der Waals surface area contributed by atoms with Gasteiger partial charge in [-0.2, -0.15) is 5.10 Å². The zero-order valence-electron chi connectivity index (χ0n) is 8.56. The zero-order chi connectivity index (χ0) is 10.8. The summed E-state index contributed by atoms with van der Waals surface area (Å²) in [5.41, 5.74) is 6.02. The van der Waals surface area contributed by atoms with E-state index in [1.54, 1.807) is 12.0 Å². The number of nitrogens with zero attached hydrogens (tertiary/aromatic N) is 2. The van der Waals surface area contributed by atoms with Crippen LogP contribution in [0.3, 0.4) is 0 Å². The Hall–Kier alpha value is -1.56. The van der Waals surface area contributed by atoms with Crippen molar-refractivity contribution in [3.63, 3.8) is 0 Å². The van der Waals surface area contributed by atoms with Gasteiger partial charge >= 0.3 is 0 Å². The maximum absolute atomic E-state index is 11.9. The molecule has 1 saturated heterocycles. The number of nitrogens with one attached hydrogen (secondary N) is 1. The number of rotatable bonds is 2. The highest BCUT2D eigenvalue weighted by Gasteiger charge is 2.28. The first kappa shape index (κ1) is 9.97. The summed E-state index contributed by atoms with van der Waals surface area (Å²) in [6.07, 6.45) is 2.47. The van der Waals surface area contributed by atoms with E-state index in [1.165, 1.54) is 6.20 Å². The van der Waals surface area contributed by atoms with Gasteiger partial charge in [0.05, 0.1) is 12.3 Å². The van der Waals surface area contributed by atoms with E-state index in [0.29, 0.717) is 24.5 Å². The summed E-state index contributed by atoms with van der Waals surface area (Å²) < 4.78 is 5.19. The molecular weight excluding hydrogens is 196 g/mol. The second kappa shape index (κ2) is 3.90. The summed E-state index contributed by atoms with van der Waals surface area (Å²) in [5, 5.41) is 6.27. The van der Waals surface area contributed by atoms with Crippen LogP contribution in [0.1, 0.15) is 16.8 Å². The second-order valence-electron chi connectivity index (χ2n) is 3.59. The number of hydrogen-bond donors (Lipinski definition) is 2. The van der Waals surface area contributed by atoms with Gasteiger partial charge in [-0.25, -0.2) is 0 Å². The van der Waals surface area contributed by atoms with Crippen LogP contribution in [0, 0.1) is 0 Å². The molecule has 1 aliphatic rings. The van der Waals surface area contributed by atoms with E-state index in [4.69, 9.17) is 10.5 Å². The molecule has 15 heavy (non-hydrogen) atoms. The molecule has 6 heteroatoms. The van der Waals surface area contributed by atoms with E-state index in [-0.39, 0.29) is 12.0 Å². The highest BCUT2D eigenvalue weighted by Crippen LogP contribution is 2.17. The van der Waals surface area contributed by atoms with Crippen LogP contribution in [0.15, 0.2) is 6.20 Å². The molecule has 0 aliphatic carbocycles. The smallest absolute Gasteiger partial charge is 0.259 e. The number of carbonyl (C=O) groups is 1. The van der Waals surface area contributed by atoms with Gasteiger partial charge in [-0.3, -0.25) is 9.89 Å². The Morgan fingerprint density at radius 3 is 3.13 bits per heavy atom. The molecule has 1 fully saturated rings. The predicted octanol–water partition coefficient (Wildman–Crippen LogP) is -0.147. The van der Waals surface area contributed by atoms with Crippen LogP contribution in [0.2, 0.25) is 0 Å². The minimum absolute atomic E-state index is 0.0826. The van der Waals surface area contributed by atoms with Gasteiger partial charge in [-0.05, 0) is 6.42 Å². The lowest BCUT2D eigenvalue weighted by molar-refractivity contribution is 0.0725. The molecule has 2 rings (SSSR count). The average molecular weight is 210 g/mol. The highest BCUT2D eigenvalue weighted by atomic mass is 16.5. The number of hydrogen-bond acceptors (Lipinski definition) is 4. The Labute approximate surface area is 87.4 Å². The molecule has 2 heterocycles. The van der Waals surface area contributed by atoms with Crippen LogP contribution in [0.5, 0.6) is 0 Å². The lowest BCUT2D eigenvalue weighted by atomic mass is 10.3. The fourth-order valence-electron chi connectivity index (χ4n) is 1.74. The van der Waals surface area contributed by atoms with E-state index >= 15 is 0 Å². The van der Waals surface area contributed by atoms with Gasteiger partial charge in [0.1, 0.15) is 11.4 Å². The minimum Gasteiger partial charge on any atom is -0.383 e. The largest absolute Gasteiger partial charge is 0.383 e. The molecule has 0 spiro atoms. The lowest BCUT2D eigenvalue weighted by Crippen LogP contribution is -2.30. The first-order valence-electron chi connectivity index (χ1n) is 4.83. The van der Waals surface area contributed by atoms with Crippen molar-refractivity contribution in [1.82, 2.24) is 15.1 Å². The third-order valence-electron chi connectivity index (χ3n) is 2.66. The lowest BCUT2D eigenvalue weighted by Gasteiger charge is -2.15. The Balaban J connectivity index is 2.07. The molecule has 6 nitrogen and oxygen atoms in total. The molecule has 0 aromatic carbocycles. The van der Waals surface area contributed by atoms with Crippen molar-refractivity contribution >= 4 is 11.7 Å². The van der Waals surface area contributed by atoms with Gasteiger partial charge in [0.15, 0.2) is 0 Å². The number of H-pyrrole nitrogens is 1. The van der Waals surface area contributed by atoms with Crippen LogP contribution < -0.4 is 5.73 Å². The molecule has 1 amide bonds. The second-order valence-corrected chi connectivity index (χ2v) is 3.59. The van der Waals surface area contributed by atoms with Gasteiger partial charge in [0.25, 0.3) is 5.91 Å². The average Bonchev–Trinajstić information content (AvgIpc) is 2.84. The van der Waals surface area contributed by atoms with E-state index in [2.05, 4.69) is 10.2 Å². The van der Waals surface area contributed by atoms with Crippen molar-refractivity contribution in [2.75, 3.05) is 25.9 Å². The number of nitrogen functional groups attached to an aromatic ring is 1. The summed E-state index contributed by atoms with van der Waals surface area (Å²) in [6.45, 7) is 1.34. The van der Waals surface area contributed by atoms with Gasteiger partial charge in [-0.1, -0.05) is 0 Å². The monoisotopic (exact) mass is 210 g/mol. The van der Waals surface area contributed by atoms with E-state index in [0.717, 1.165) is 6.42 Å². The van der Waals surface area contributed by atoms with Gasteiger partial charge < -0.3 is 15.4 Å². The van der Waals surface area contributed by atoms with Crippen molar-refractivity contribution in [3.05, 3.63) is 11.8 Å². The van der Waals surface area contributed by atoms with Gasteiger partial charge in [0, 0.05) is 20.2 Å². The van der Waals surface area contributed by atoms with E-state index < -0.39 is 0 Å². The summed E-state index contributed by atoms with van der Waals surface area (Å²) in [4.78, 5) is 13.7. The Kier molecular flexibility index (Phi) is 2.59. The third-order valence-corrected chi connectivity index (χ3v) is 2.66. The van der Waals surface area contributed by atoms with Crippen molar-refractivity contribution in [2.24, 2.45) is 0 Å². The van der Waals surface area contributed by atoms with Gasteiger partial charge in [-0.15, -0.1) is 0 Å². The number of methoxy groups -OCH3 is 1. The molecule has 1 atom stereocenters. The van der Waals surface area contributed by atoms with Crippen molar-refractivity contribution < 1.29 is 9.53 Å². The number of ether oxygens (including phenoxy) is 1. The number of likely N-dealkylation sites (tertiary alicyclic amines) is 1. The van der Waals surface area contributed by atoms with Crippen LogP contribution in [-0.4, -0.2) is 47.3 Å². The van der Waals surface area contributed by atoms with Crippen molar-refractivity contribution in [1.29, 1.82) is 0 Å². The molecule has 0 bridgehead atoms. The molecule has 1 unspecified atom stereocenters. The van der Waals surface area contributed by atoms with Crippen LogP contribution in [-0.2, 0) is 4.74 Å². The molecule has 0 saturated carbocycles. The first-order valence-corrected chi connectivity index (χ1v) is 4.83. The number of nitrogens with two attached hydrogens (primary N) is 1. The summed E-state index contributed by atoms with van der Waals surface area (Å²) in [6, 6.07) is 0. The standard InChI is InChI=1S/C9H14N4O2/c1-15-6-2-3-13(5-6)9(14)7-4-11-12-8(7)10/h4,6H,2-3,5H2,1H3,(H3,10,11,12). The van der Waals surface area contributed by atoms with Gasteiger partial charge in [0.2, 0.25) is 0 Å². The molecule has 1 aromatic rings. The Morgan fingerprint density at radius 2 is 2.60 bits per heavy atom. The third kappa shape index (κ3) is 1.80. The van der Waals surface area contributed by atoms with E-state index in [1.807, 2.05) is 0 Å². The molecule has 3 N–H and O–H groups in total. The Morgan fingerprint density at radius 1 is 1.80 bits per heavy atom. The summed E-state index contributed by atoms with van der Waals surface area (Å²) >= 11 is 0. The predicted molar refractivity (Wildman–Crippen MR) is 54.3 cm³/mol. The maximum atomic E-state index is 11.9. The number of aromatic nitrogens is 2. The minimum atomic E-state index is -0.0826. The number of aromatic amines is 1. The highest BCUT2D eigenvalue weighted by molar-refractivity contribution is 5.98. The van der Waals surface area contributed by atoms with Crippen LogP contribution in [0.25, 0.3) is 0 Å². The normalized spacial score (nSPS) is 20.9. The quantitative estimate of drug-likeness (QED) is 0.711. The fraction of sp³-hybridized carbons (Fsp3) is 0.556. The van der Waals surface area contributed by atoms with Crippen molar-refractivity contribution in [2.45, 2.75) is 12.5 Å². The molecule has 1 aliphatic heterocycles. The van der Waals surface area contributed by atoms with Crippen LogP contribution >= 0.6 is 0 Å². The zero-order valence-corrected chi connectivity index (χ0v) is 8.56. The summed E-state index contributed by atoms with van der Waals surface area (Å²) in [7, 11) is 1.66. The topological polar surface area (TPSA) is 84.2 Å². The van der Waals surface area contributed by atoms with Crippen molar-refractivity contribution in [3.8, 4) is 0 Å². The fourth-order valence-corrected chi connectivity index (χ4v) is 1.74. The first-order chi connectivity index (χ1) is 7.22. The van der Waals surface area contributed by atoms with E-state index in [9.17, 15) is 4.79 Å². The number of amides is 1. The molecule has 82 valence electrons. The molecular formula is C9H14N4O2. The maximum Gasteiger partial charge on any atom is 0.259 e. The summed E-state index contributed by atoms with van der Waals surface area (Å²) in [5.74, 6) is 0.238. The van der Waals surface area contributed by atoms with Crippen LogP contribution in [0.4, 0.5) is 5.82 Å².